The Balaban J connectivity index is 1.95. The predicted octanol–water partition coefficient (Wildman–Crippen LogP) is 5.77. The first kappa shape index (κ1) is 43.8. The molecule has 1 aliphatic carbocycles. The summed E-state index contributed by atoms with van der Waals surface area (Å²) in [6.07, 6.45) is -0.417. The Morgan fingerprint density at radius 2 is 0.367 bits per heavy atom. The fourth-order valence-corrected chi connectivity index (χ4v) is 6.55. The zero-order valence-corrected chi connectivity index (χ0v) is 34.0. The van der Waals surface area contributed by atoms with E-state index in [1.165, 1.54) is 79.7 Å². The second-order valence-corrected chi connectivity index (χ2v) is 13.7. The fraction of sp³-hybridized carbons (Fsp3) is 0.273. The van der Waals surface area contributed by atoms with Crippen LogP contribution in [0.2, 0.25) is 0 Å². The third-order valence-electron chi connectivity index (χ3n) is 8.53. The van der Waals surface area contributed by atoms with Crippen molar-refractivity contribution < 1.29 is 76.3 Å². The number of esters is 8. The standard InChI is InChI=1S/C44H40O16/c1-21(45)53-37-17-38(54-22(2)46)30-9-29(37)13-31-10-32(40(56-24(4)48)18-39(31)55-23(3)47)15-35-12-36(44(60-28(8)52)20-43(35)59-27(7)51)16-34-11-33(14-30)41(57-25(5)49)19-42(34)58-26(6)50/h9-12,17-20H,13-16H2,1-8H3. The monoisotopic (exact) mass is 824 g/mol. The fourth-order valence-electron chi connectivity index (χ4n) is 6.55. The van der Waals surface area contributed by atoms with Crippen molar-refractivity contribution in [1.82, 2.24) is 0 Å². The number of ether oxygens (including phenoxy) is 8. The molecule has 16 heteroatoms. The molecule has 60 heavy (non-hydrogen) atoms. The highest BCUT2D eigenvalue weighted by Crippen LogP contribution is 2.42. The van der Waals surface area contributed by atoms with Gasteiger partial charge in [0.1, 0.15) is 46.0 Å². The molecule has 0 N–H and O–H groups in total. The van der Waals surface area contributed by atoms with Gasteiger partial charge in [0.25, 0.3) is 0 Å². The van der Waals surface area contributed by atoms with Gasteiger partial charge < -0.3 is 37.9 Å². The first-order valence-corrected chi connectivity index (χ1v) is 18.3. The van der Waals surface area contributed by atoms with Gasteiger partial charge in [-0.05, 0) is 68.8 Å². The Kier molecular flexibility index (Phi) is 13.5. The third-order valence-corrected chi connectivity index (χ3v) is 8.53. The Hall–Kier alpha value is -7.36. The van der Waals surface area contributed by atoms with E-state index >= 15 is 0 Å². The molecule has 0 spiro atoms. The molecule has 0 atom stereocenters. The highest BCUT2D eigenvalue weighted by atomic mass is 16.6. The van der Waals surface area contributed by atoms with Crippen LogP contribution in [0.15, 0.2) is 48.5 Å². The third kappa shape index (κ3) is 11.4. The van der Waals surface area contributed by atoms with Gasteiger partial charge in [-0.15, -0.1) is 0 Å². The first-order chi connectivity index (χ1) is 28.2. The predicted molar refractivity (Wildman–Crippen MR) is 207 cm³/mol. The summed E-state index contributed by atoms with van der Waals surface area (Å²) in [6, 6.07) is 11.8. The summed E-state index contributed by atoms with van der Waals surface area (Å²) >= 11 is 0. The molecule has 0 fully saturated rings. The second-order valence-electron chi connectivity index (χ2n) is 13.7. The number of benzene rings is 4. The van der Waals surface area contributed by atoms with E-state index in [9.17, 15) is 38.4 Å². The summed E-state index contributed by atoms with van der Waals surface area (Å²) < 4.78 is 44.8. The van der Waals surface area contributed by atoms with E-state index < -0.39 is 47.8 Å². The largest absolute Gasteiger partial charge is 0.426 e. The van der Waals surface area contributed by atoms with Crippen LogP contribution in [0, 0.1) is 0 Å². The highest BCUT2D eigenvalue weighted by molar-refractivity contribution is 5.77. The van der Waals surface area contributed by atoms with Crippen molar-refractivity contribution in [3.05, 3.63) is 93.0 Å². The van der Waals surface area contributed by atoms with Crippen molar-refractivity contribution in [2.75, 3.05) is 0 Å². The maximum Gasteiger partial charge on any atom is 0.308 e. The number of carbonyl (C=O) groups excluding carboxylic acids is 8. The molecule has 5 rings (SSSR count). The van der Waals surface area contributed by atoms with Crippen LogP contribution in [0.25, 0.3) is 0 Å². The van der Waals surface area contributed by atoms with Crippen LogP contribution < -0.4 is 37.9 Å². The molecule has 0 heterocycles. The van der Waals surface area contributed by atoms with E-state index in [0.717, 1.165) is 0 Å². The molecule has 1 aliphatic rings. The average molecular weight is 825 g/mol. The van der Waals surface area contributed by atoms with Gasteiger partial charge in [0, 0.05) is 105 Å². The van der Waals surface area contributed by atoms with Gasteiger partial charge in [0.05, 0.1) is 0 Å². The molecule has 0 aromatic heterocycles. The lowest BCUT2D eigenvalue weighted by Gasteiger charge is -2.21. The molecule has 312 valence electrons. The Bertz CT molecular complexity index is 1990. The van der Waals surface area contributed by atoms with Gasteiger partial charge in [-0.2, -0.15) is 0 Å². The number of rotatable bonds is 8. The molecular weight excluding hydrogens is 784 g/mol. The topological polar surface area (TPSA) is 210 Å². The van der Waals surface area contributed by atoms with E-state index in [1.807, 2.05) is 0 Å². The number of hydrogen-bond donors (Lipinski definition) is 0. The summed E-state index contributed by atoms with van der Waals surface area (Å²) in [5, 5.41) is 0. The minimum Gasteiger partial charge on any atom is -0.426 e. The van der Waals surface area contributed by atoms with Crippen molar-refractivity contribution in [2.24, 2.45) is 0 Å². The lowest BCUT2D eigenvalue weighted by molar-refractivity contribution is -0.133. The van der Waals surface area contributed by atoms with Gasteiger partial charge >= 0.3 is 47.8 Å². The van der Waals surface area contributed by atoms with E-state index in [2.05, 4.69) is 0 Å². The molecule has 0 amide bonds. The molecule has 4 aromatic carbocycles. The van der Waals surface area contributed by atoms with E-state index in [-0.39, 0.29) is 71.7 Å². The summed E-state index contributed by atoms with van der Waals surface area (Å²) in [7, 11) is 0. The summed E-state index contributed by atoms with van der Waals surface area (Å²) in [5.74, 6) is -5.80. The molecule has 0 saturated heterocycles. The Morgan fingerprint density at radius 1 is 0.250 bits per heavy atom. The van der Waals surface area contributed by atoms with E-state index in [1.54, 1.807) is 24.3 Å². The smallest absolute Gasteiger partial charge is 0.308 e. The molecule has 0 aliphatic heterocycles. The average Bonchev–Trinajstić information content (AvgIpc) is 3.09. The van der Waals surface area contributed by atoms with Crippen LogP contribution in [-0.4, -0.2) is 47.8 Å². The number of hydrogen-bond acceptors (Lipinski definition) is 16. The molecule has 8 bridgehead atoms. The van der Waals surface area contributed by atoms with Crippen molar-refractivity contribution >= 4 is 47.8 Å². The molecular formula is C44H40O16. The first-order valence-electron chi connectivity index (χ1n) is 18.3. The van der Waals surface area contributed by atoms with E-state index in [4.69, 9.17) is 37.9 Å². The molecule has 16 nitrogen and oxygen atoms in total. The zero-order valence-electron chi connectivity index (χ0n) is 34.0. The summed E-state index contributed by atoms with van der Waals surface area (Å²) in [6.45, 7) is 9.42. The van der Waals surface area contributed by atoms with Crippen molar-refractivity contribution in [3.8, 4) is 46.0 Å². The van der Waals surface area contributed by atoms with Crippen LogP contribution in [0.4, 0.5) is 0 Å². The van der Waals surface area contributed by atoms with Gasteiger partial charge in [-0.25, -0.2) is 0 Å². The molecule has 0 unspecified atom stereocenters. The minimum absolute atomic E-state index is 0.0167. The van der Waals surface area contributed by atoms with Crippen molar-refractivity contribution in [2.45, 2.75) is 81.1 Å². The summed E-state index contributed by atoms with van der Waals surface area (Å²) in [5.41, 5.74) is 2.68. The SMILES string of the molecule is CC(=O)Oc1cc(OC(C)=O)c2cc1Cc1cc(c(OC(C)=O)cc1OC(C)=O)Cc1cc(c(OC(C)=O)cc1OC(C)=O)Cc1cc(c(OC(C)=O)cc1OC(C)=O)C2. The number of carbonyl (C=O) groups is 8. The van der Waals surface area contributed by atoms with Crippen LogP contribution in [0.1, 0.15) is 99.9 Å². The second kappa shape index (κ2) is 18.5. The quantitative estimate of drug-likeness (QED) is 0.134. The number of fused-ring (bicyclic) bond motifs is 8. The zero-order chi connectivity index (χ0) is 44.0. The van der Waals surface area contributed by atoms with Crippen LogP contribution in [-0.2, 0) is 64.0 Å². The lowest BCUT2D eigenvalue weighted by Crippen LogP contribution is -2.13. The van der Waals surface area contributed by atoms with Gasteiger partial charge in [-0.1, -0.05) is 0 Å². The van der Waals surface area contributed by atoms with Gasteiger partial charge in [0.2, 0.25) is 0 Å². The summed E-state index contributed by atoms with van der Waals surface area (Å²) in [4.78, 5) is 99.5. The van der Waals surface area contributed by atoms with Crippen LogP contribution in [0.5, 0.6) is 46.0 Å². The maximum atomic E-state index is 12.4. The molecule has 4 aromatic rings. The van der Waals surface area contributed by atoms with Gasteiger partial charge in [0.15, 0.2) is 0 Å². The molecule has 0 radical (unpaired) electrons. The van der Waals surface area contributed by atoms with Gasteiger partial charge in [-0.3, -0.25) is 38.4 Å². The normalized spacial score (nSPS) is 11.6. The maximum absolute atomic E-state index is 12.4. The van der Waals surface area contributed by atoms with Crippen molar-refractivity contribution in [3.63, 3.8) is 0 Å². The van der Waals surface area contributed by atoms with Crippen LogP contribution >= 0.6 is 0 Å². The minimum atomic E-state index is -0.708. The highest BCUT2D eigenvalue weighted by Gasteiger charge is 2.26. The lowest BCUT2D eigenvalue weighted by atomic mass is 9.91. The van der Waals surface area contributed by atoms with Crippen molar-refractivity contribution in [1.29, 1.82) is 0 Å². The van der Waals surface area contributed by atoms with Crippen LogP contribution in [0.3, 0.4) is 0 Å². The Morgan fingerprint density at radius 3 is 0.467 bits per heavy atom. The molecule has 0 saturated carbocycles. The Labute approximate surface area is 343 Å². The van der Waals surface area contributed by atoms with E-state index in [0.29, 0.717) is 44.5 Å².